The van der Waals surface area contributed by atoms with Crippen LogP contribution in [0.1, 0.15) is 18.5 Å². The van der Waals surface area contributed by atoms with Crippen LogP contribution in [0.3, 0.4) is 0 Å². The molecular weight excluding hydrogens is 336 g/mol. The van der Waals surface area contributed by atoms with E-state index in [2.05, 4.69) is 21.2 Å². The van der Waals surface area contributed by atoms with Gasteiger partial charge in [0.15, 0.2) is 0 Å². The Morgan fingerprint density at radius 2 is 1.89 bits per heavy atom. The van der Waals surface area contributed by atoms with Crippen LogP contribution in [-0.2, 0) is 0 Å². The summed E-state index contributed by atoms with van der Waals surface area (Å²) in [6.45, 7) is 1.92. The van der Waals surface area contributed by atoms with Crippen LogP contribution in [0.15, 0.2) is 40.9 Å². The molecule has 5 heteroatoms. The fraction of sp³-hybridized carbons (Fsp3) is 0.143. The molecule has 0 heterocycles. The van der Waals surface area contributed by atoms with E-state index in [9.17, 15) is 8.78 Å². The van der Waals surface area contributed by atoms with Gasteiger partial charge >= 0.3 is 0 Å². The fourth-order valence-electron chi connectivity index (χ4n) is 1.70. The second-order valence-electron chi connectivity index (χ2n) is 4.16. The van der Waals surface area contributed by atoms with Crippen molar-refractivity contribution in [1.29, 1.82) is 0 Å². The third-order valence-corrected chi connectivity index (χ3v) is 3.69. The molecule has 0 saturated carbocycles. The number of halogens is 4. The summed E-state index contributed by atoms with van der Waals surface area (Å²) in [5.74, 6) is -0.754. The maximum atomic E-state index is 13.1. The fourth-order valence-corrected chi connectivity index (χ4v) is 2.36. The summed E-state index contributed by atoms with van der Waals surface area (Å²) >= 11 is 9.04. The quantitative estimate of drug-likeness (QED) is 0.768. The lowest BCUT2D eigenvalue weighted by molar-refractivity contribution is 0.626. The van der Waals surface area contributed by atoms with Gasteiger partial charge in [0, 0.05) is 16.2 Å². The SMILES string of the molecule is CC(Nc1ccc(F)cc1Br)c1ccc(F)c(Cl)c1. The van der Waals surface area contributed by atoms with Crippen LogP contribution in [0.25, 0.3) is 0 Å². The first-order chi connectivity index (χ1) is 8.97. The molecule has 0 aliphatic carbocycles. The lowest BCUT2D eigenvalue weighted by atomic mass is 10.1. The zero-order valence-corrected chi connectivity index (χ0v) is 12.4. The van der Waals surface area contributed by atoms with E-state index in [1.54, 1.807) is 18.2 Å². The number of nitrogens with one attached hydrogen (secondary N) is 1. The van der Waals surface area contributed by atoms with E-state index in [4.69, 9.17) is 11.6 Å². The third kappa shape index (κ3) is 3.45. The number of rotatable bonds is 3. The molecule has 19 heavy (non-hydrogen) atoms. The number of hydrogen-bond donors (Lipinski definition) is 1. The summed E-state index contributed by atoms with van der Waals surface area (Å²) in [6.07, 6.45) is 0. The van der Waals surface area contributed by atoms with Gasteiger partial charge in [-0.1, -0.05) is 17.7 Å². The Labute approximate surface area is 123 Å². The van der Waals surface area contributed by atoms with Crippen LogP contribution >= 0.6 is 27.5 Å². The summed E-state index contributed by atoms with van der Waals surface area (Å²) in [5, 5.41) is 3.29. The molecule has 1 nitrogen and oxygen atoms in total. The lowest BCUT2D eigenvalue weighted by Crippen LogP contribution is -2.07. The Kier molecular flexibility index (Phi) is 4.42. The van der Waals surface area contributed by atoms with Crippen molar-refractivity contribution in [3.63, 3.8) is 0 Å². The van der Waals surface area contributed by atoms with Crippen LogP contribution in [-0.4, -0.2) is 0 Å². The Hall–Kier alpha value is -1.13. The van der Waals surface area contributed by atoms with Crippen molar-refractivity contribution in [2.24, 2.45) is 0 Å². The van der Waals surface area contributed by atoms with Crippen molar-refractivity contribution in [1.82, 2.24) is 0 Å². The number of benzene rings is 2. The van der Waals surface area contributed by atoms with Crippen molar-refractivity contribution in [2.75, 3.05) is 5.32 Å². The van der Waals surface area contributed by atoms with Gasteiger partial charge in [-0.2, -0.15) is 0 Å². The average molecular weight is 347 g/mol. The first-order valence-electron chi connectivity index (χ1n) is 5.64. The zero-order chi connectivity index (χ0) is 14.0. The molecule has 0 saturated heterocycles. The minimum atomic E-state index is -0.444. The van der Waals surface area contributed by atoms with Crippen LogP contribution in [0.5, 0.6) is 0 Å². The van der Waals surface area contributed by atoms with E-state index in [-0.39, 0.29) is 16.9 Å². The van der Waals surface area contributed by atoms with E-state index in [1.165, 1.54) is 18.2 Å². The summed E-state index contributed by atoms with van der Waals surface area (Å²) in [6, 6.07) is 8.88. The molecule has 0 aliphatic heterocycles. The van der Waals surface area contributed by atoms with Gasteiger partial charge in [0.1, 0.15) is 11.6 Å². The molecular formula is C14H11BrClF2N. The number of anilines is 1. The highest BCUT2D eigenvalue weighted by molar-refractivity contribution is 9.10. The van der Waals surface area contributed by atoms with Crippen LogP contribution in [0.4, 0.5) is 14.5 Å². The third-order valence-electron chi connectivity index (χ3n) is 2.75. The molecule has 0 spiro atoms. The monoisotopic (exact) mass is 345 g/mol. The Morgan fingerprint density at radius 3 is 2.53 bits per heavy atom. The second-order valence-corrected chi connectivity index (χ2v) is 5.43. The normalized spacial score (nSPS) is 12.3. The maximum absolute atomic E-state index is 13.1. The molecule has 2 aromatic rings. The van der Waals surface area contributed by atoms with Crippen molar-refractivity contribution in [3.05, 3.63) is 63.1 Å². The lowest BCUT2D eigenvalue weighted by Gasteiger charge is -2.17. The van der Waals surface area contributed by atoms with Gasteiger partial charge in [0.2, 0.25) is 0 Å². The van der Waals surface area contributed by atoms with E-state index in [1.807, 2.05) is 6.92 Å². The van der Waals surface area contributed by atoms with Crippen molar-refractivity contribution in [2.45, 2.75) is 13.0 Å². The largest absolute Gasteiger partial charge is 0.378 e. The molecule has 0 aromatic heterocycles. The predicted molar refractivity (Wildman–Crippen MR) is 77.5 cm³/mol. The highest BCUT2D eigenvalue weighted by Crippen LogP contribution is 2.28. The highest BCUT2D eigenvalue weighted by atomic mass is 79.9. The molecule has 1 unspecified atom stereocenters. The van der Waals surface area contributed by atoms with Gasteiger partial charge in [-0.3, -0.25) is 0 Å². The molecule has 0 bridgehead atoms. The van der Waals surface area contributed by atoms with Crippen molar-refractivity contribution < 1.29 is 8.78 Å². The Balaban J connectivity index is 2.20. The predicted octanol–water partition coefficient (Wildman–Crippen LogP) is 5.55. The molecule has 0 fully saturated rings. The van der Waals surface area contributed by atoms with Gasteiger partial charge in [-0.25, -0.2) is 8.78 Å². The van der Waals surface area contributed by atoms with Crippen molar-refractivity contribution >= 4 is 33.2 Å². The topological polar surface area (TPSA) is 12.0 Å². The number of hydrogen-bond acceptors (Lipinski definition) is 1. The van der Waals surface area contributed by atoms with Gasteiger partial charge in [0.05, 0.1) is 5.02 Å². The highest BCUT2D eigenvalue weighted by Gasteiger charge is 2.10. The summed E-state index contributed by atoms with van der Waals surface area (Å²) in [4.78, 5) is 0. The molecule has 1 N–H and O–H groups in total. The smallest absolute Gasteiger partial charge is 0.141 e. The second kappa shape index (κ2) is 5.88. The average Bonchev–Trinajstić information content (AvgIpc) is 2.36. The minimum absolute atomic E-state index is 0.0835. The maximum Gasteiger partial charge on any atom is 0.141 e. The minimum Gasteiger partial charge on any atom is -0.378 e. The van der Waals surface area contributed by atoms with Crippen LogP contribution in [0.2, 0.25) is 5.02 Å². The summed E-state index contributed by atoms with van der Waals surface area (Å²) in [7, 11) is 0. The van der Waals surface area contributed by atoms with Gasteiger partial charge in [-0.05, 0) is 58.7 Å². The van der Waals surface area contributed by atoms with Gasteiger partial charge in [-0.15, -0.1) is 0 Å². The molecule has 0 radical (unpaired) electrons. The zero-order valence-electron chi connectivity index (χ0n) is 10.1. The van der Waals surface area contributed by atoms with E-state index in [0.717, 1.165) is 11.3 Å². The standard InChI is InChI=1S/C14H11BrClF2N/c1-8(9-2-4-13(18)12(16)6-9)19-14-5-3-10(17)7-11(14)15/h2-8,19H,1H3. The van der Waals surface area contributed by atoms with Crippen LogP contribution in [0, 0.1) is 11.6 Å². The Bertz CT molecular complexity index is 604. The van der Waals surface area contributed by atoms with Crippen LogP contribution < -0.4 is 5.32 Å². The van der Waals surface area contributed by atoms with E-state index < -0.39 is 5.82 Å². The summed E-state index contributed by atoms with van der Waals surface area (Å²) in [5.41, 5.74) is 1.61. The molecule has 0 aliphatic rings. The summed E-state index contributed by atoms with van der Waals surface area (Å²) < 4.78 is 26.7. The molecule has 1 atom stereocenters. The first-order valence-corrected chi connectivity index (χ1v) is 6.81. The van der Waals surface area contributed by atoms with E-state index >= 15 is 0 Å². The van der Waals surface area contributed by atoms with Gasteiger partial charge < -0.3 is 5.32 Å². The van der Waals surface area contributed by atoms with Crippen molar-refractivity contribution in [3.8, 4) is 0 Å². The molecule has 100 valence electrons. The molecule has 0 amide bonds. The van der Waals surface area contributed by atoms with E-state index in [0.29, 0.717) is 4.47 Å². The Morgan fingerprint density at radius 1 is 1.16 bits per heavy atom. The molecule has 2 rings (SSSR count). The van der Waals surface area contributed by atoms with Gasteiger partial charge in [0.25, 0.3) is 0 Å². The first kappa shape index (κ1) is 14.3. The molecule has 2 aromatic carbocycles.